The minimum absolute atomic E-state index is 0.889. The van der Waals surface area contributed by atoms with E-state index in [-0.39, 0.29) is 0 Å². The highest BCUT2D eigenvalue weighted by Crippen LogP contribution is 2.47. The van der Waals surface area contributed by atoms with Crippen molar-refractivity contribution in [3.05, 3.63) is 217 Å². The highest BCUT2D eigenvalue weighted by molar-refractivity contribution is 6.10. The molecule has 274 valence electrons. The summed E-state index contributed by atoms with van der Waals surface area (Å²) < 4.78 is 2.41. The zero-order valence-corrected chi connectivity index (χ0v) is 31.6. The number of aromatic amines is 1. The topological polar surface area (TPSA) is 59.4 Å². The molecule has 8 bridgehead atoms. The van der Waals surface area contributed by atoms with Gasteiger partial charge in [0.25, 0.3) is 0 Å². The molecule has 4 aromatic heterocycles. The van der Waals surface area contributed by atoms with E-state index in [1.807, 2.05) is 30.5 Å². The molecule has 11 rings (SSSR count). The number of fused-ring (bicyclic) bond motifs is 9. The molecule has 0 saturated carbocycles. The van der Waals surface area contributed by atoms with Crippen LogP contribution in [0.2, 0.25) is 0 Å². The van der Waals surface area contributed by atoms with E-state index in [1.165, 1.54) is 5.39 Å². The van der Waals surface area contributed by atoms with Gasteiger partial charge < -0.3 is 9.55 Å². The number of nitrogens with one attached hydrogen (secondary N) is 1. The first kappa shape index (κ1) is 34.6. The number of H-pyrrole nitrogens is 1. The fourth-order valence-electron chi connectivity index (χ4n) is 7.83. The van der Waals surface area contributed by atoms with Gasteiger partial charge in [0.15, 0.2) is 0 Å². The summed E-state index contributed by atoms with van der Waals surface area (Å²) in [5.41, 5.74) is 16.5. The van der Waals surface area contributed by atoms with E-state index in [9.17, 15) is 0 Å². The summed E-state index contributed by atoms with van der Waals surface area (Å²) in [5, 5.41) is 1.20. The predicted molar refractivity (Wildman–Crippen MR) is 242 cm³/mol. The van der Waals surface area contributed by atoms with Crippen molar-refractivity contribution in [1.29, 1.82) is 0 Å². The predicted octanol–water partition coefficient (Wildman–Crippen LogP) is 13.4. The molecule has 0 atom stereocenters. The molecule has 0 amide bonds. The van der Waals surface area contributed by atoms with E-state index in [0.29, 0.717) is 0 Å². The summed E-state index contributed by atoms with van der Waals surface area (Å²) in [6.07, 6.45) is 10.2. The molecule has 5 aromatic carbocycles. The van der Waals surface area contributed by atoms with E-state index >= 15 is 0 Å². The molecule has 2 aliphatic rings. The van der Waals surface area contributed by atoms with Gasteiger partial charge in [-0.05, 0) is 95.6 Å². The summed E-state index contributed by atoms with van der Waals surface area (Å²) >= 11 is 0. The van der Waals surface area contributed by atoms with Crippen molar-refractivity contribution in [3.63, 3.8) is 0 Å². The molecule has 0 unspecified atom stereocenters. The first-order valence-corrected chi connectivity index (χ1v) is 19.4. The van der Waals surface area contributed by atoms with Gasteiger partial charge in [-0.15, -0.1) is 0 Å². The van der Waals surface area contributed by atoms with E-state index in [4.69, 9.17) is 9.97 Å². The van der Waals surface area contributed by atoms with E-state index in [0.717, 1.165) is 89.4 Å². The second-order valence-electron chi connectivity index (χ2n) is 14.2. The molecule has 0 radical (unpaired) electrons. The molecular weight excluding hydrogens is 707 g/mol. The van der Waals surface area contributed by atoms with Gasteiger partial charge in [0.1, 0.15) is 0 Å². The summed E-state index contributed by atoms with van der Waals surface area (Å²) in [6.45, 7) is 0. The van der Waals surface area contributed by atoms with Crippen LogP contribution >= 0.6 is 0 Å². The van der Waals surface area contributed by atoms with E-state index in [2.05, 4.69) is 203 Å². The lowest BCUT2D eigenvalue weighted by atomic mass is 9.93. The van der Waals surface area contributed by atoms with Crippen LogP contribution in [0.15, 0.2) is 194 Å². The monoisotopic (exact) mass is 743 g/mol. The van der Waals surface area contributed by atoms with Crippen molar-refractivity contribution in [1.82, 2.24) is 24.5 Å². The van der Waals surface area contributed by atoms with Gasteiger partial charge in [-0.1, -0.05) is 133 Å². The van der Waals surface area contributed by atoms with Crippen molar-refractivity contribution in [2.24, 2.45) is 0 Å². The molecule has 0 spiro atoms. The van der Waals surface area contributed by atoms with Crippen LogP contribution < -0.4 is 0 Å². The molecule has 9 aromatic rings. The van der Waals surface area contributed by atoms with Crippen LogP contribution in [0.3, 0.4) is 0 Å². The summed E-state index contributed by atoms with van der Waals surface area (Å²) in [4.78, 5) is 18.1. The minimum atomic E-state index is 0.889. The Kier molecular flexibility index (Phi) is 9.14. The maximum Gasteiger partial charge on any atom is 0.0737 e. The van der Waals surface area contributed by atoms with Gasteiger partial charge in [-0.3, -0.25) is 4.98 Å². The Morgan fingerprint density at radius 2 is 0.931 bits per heavy atom. The maximum absolute atomic E-state index is 5.29. The van der Waals surface area contributed by atoms with Crippen LogP contribution in [0.5, 0.6) is 0 Å². The number of pyridine rings is 1. The van der Waals surface area contributed by atoms with Crippen LogP contribution in [-0.2, 0) is 0 Å². The Bertz CT molecular complexity index is 3080. The molecule has 5 heteroatoms. The van der Waals surface area contributed by atoms with Crippen LogP contribution in [0, 0.1) is 0 Å². The van der Waals surface area contributed by atoms with Crippen LogP contribution in [0.25, 0.3) is 96.3 Å². The van der Waals surface area contributed by atoms with Gasteiger partial charge in [0.2, 0.25) is 0 Å². The molecular formula is C53H37N5. The standard InChI is InChI=1S/C44H30N4.C9H7N/c1-5-13-30(14-6-1)41-39-26-25-36(47-39)28-35-22-21-33(45-35)27-34-23-24-37(46-34)29-40-42(31-15-7-2-8-16-31)43(32-17-9-3-10-18-32)44(41)48(40)38-19-11-4-12-20-38;1-2-6-9-8(4-1)5-3-7-10-9/h1-29,45H;1-7H. The van der Waals surface area contributed by atoms with Crippen molar-refractivity contribution in [2.45, 2.75) is 0 Å². The first-order valence-electron chi connectivity index (χ1n) is 19.4. The van der Waals surface area contributed by atoms with Crippen molar-refractivity contribution in [2.75, 3.05) is 0 Å². The Morgan fingerprint density at radius 1 is 0.414 bits per heavy atom. The zero-order chi connectivity index (χ0) is 38.7. The molecule has 2 aliphatic heterocycles. The molecule has 58 heavy (non-hydrogen) atoms. The zero-order valence-electron chi connectivity index (χ0n) is 31.6. The van der Waals surface area contributed by atoms with E-state index < -0.39 is 0 Å². The quantitative estimate of drug-likeness (QED) is 0.195. The molecule has 0 fully saturated rings. The molecule has 6 heterocycles. The number of nitrogens with zero attached hydrogens (tertiary/aromatic N) is 4. The smallest absolute Gasteiger partial charge is 0.0737 e. The fourth-order valence-corrected chi connectivity index (χ4v) is 7.83. The lowest BCUT2D eigenvalue weighted by Crippen LogP contribution is -1.97. The maximum atomic E-state index is 5.29. The third-order valence-electron chi connectivity index (χ3n) is 10.4. The SMILES string of the molecule is C1=Cc2cc3c(-c4ccccc4)c(-c4ccccc4)c(c(-c4ccccc4)c4nc(cc5ccc(cc1n2)[nH]5)C=C4)n3-c1ccccc1.c1ccc2ncccc2c1. The van der Waals surface area contributed by atoms with Gasteiger partial charge in [-0.2, -0.15) is 0 Å². The Morgan fingerprint density at radius 3 is 1.59 bits per heavy atom. The highest BCUT2D eigenvalue weighted by Gasteiger charge is 2.25. The summed E-state index contributed by atoms with van der Waals surface area (Å²) in [5.74, 6) is 0. The third-order valence-corrected chi connectivity index (χ3v) is 10.4. The van der Waals surface area contributed by atoms with Gasteiger partial charge in [0.05, 0.1) is 39.3 Å². The number of hydrogen-bond donors (Lipinski definition) is 1. The van der Waals surface area contributed by atoms with Crippen molar-refractivity contribution < 1.29 is 0 Å². The van der Waals surface area contributed by atoms with Crippen molar-refractivity contribution in [3.8, 4) is 39.1 Å². The molecule has 1 N–H and O–H groups in total. The van der Waals surface area contributed by atoms with Crippen molar-refractivity contribution >= 4 is 57.3 Å². The number of rotatable bonds is 4. The summed E-state index contributed by atoms with van der Waals surface area (Å²) in [6, 6.07) is 65.4. The lowest BCUT2D eigenvalue weighted by molar-refractivity contribution is 1.17. The molecule has 5 nitrogen and oxygen atoms in total. The molecule has 0 aliphatic carbocycles. The van der Waals surface area contributed by atoms with E-state index in [1.54, 1.807) is 0 Å². The number of aromatic nitrogens is 5. The van der Waals surface area contributed by atoms with Gasteiger partial charge in [-0.25, -0.2) is 9.97 Å². The van der Waals surface area contributed by atoms with Gasteiger partial charge in [0, 0.05) is 45.0 Å². The average molecular weight is 744 g/mol. The number of benzene rings is 5. The second kappa shape index (κ2) is 15.3. The largest absolute Gasteiger partial charge is 0.355 e. The molecule has 0 saturated heterocycles. The normalized spacial score (nSPS) is 11.7. The fraction of sp³-hybridized carbons (Fsp3) is 0. The third kappa shape index (κ3) is 6.82. The Balaban J connectivity index is 0.000000355. The van der Waals surface area contributed by atoms with Crippen LogP contribution in [0.1, 0.15) is 22.8 Å². The highest BCUT2D eigenvalue weighted by atomic mass is 15.0. The van der Waals surface area contributed by atoms with Crippen LogP contribution in [-0.4, -0.2) is 24.5 Å². The second-order valence-corrected chi connectivity index (χ2v) is 14.2. The average Bonchev–Trinajstić information content (AvgIpc) is 4.10. The minimum Gasteiger partial charge on any atom is -0.355 e. The Labute approximate surface area is 336 Å². The van der Waals surface area contributed by atoms with Crippen LogP contribution in [0.4, 0.5) is 0 Å². The number of hydrogen-bond acceptors (Lipinski definition) is 3. The lowest BCUT2D eigenvalue weighted by Gasteiger charge is -2.13. The van der Waals surface area contributed by atoms with Gasteiger partial charge >= 0.3 is 0 Å². The summed E-state index contributed by atoms with van der Waals surface area (Å²) in [7, 11) is 0. The Hall–Kier alpha value is -7.89. The first-order chi connectivity index (χ1) is 28.7. The number of para-hydroxylation sites is 2.